The topological polar surface area (TPSA) is 29.5 Å². The first-order chi connectivity index (χ1) is 5.29. The van der Waals surface area contributed by atoms with Crippen molar-refractivity contribution >= 4 is 5.97 Å². The second kappa shape index (κ2) is 6.00. The van der Waals surface area contributed by atoms with E-state index < -0.39 is 0 Å². The van der Waals surface area contributed by atoms with Crippen LogP contribution in [0.1, 0.15) is 27.2 Å². The van der Waals surface area contributed by atoms with Crippen LogP contribution >= 0.6 is 0 Å². The van der Waals surface area contributed by atoms with Gasteiger partial charge in [0.05, 0.1) is 0 Å². The maximum absolute atomic E-state index is 10.4. The predicted octanol–water partition coefficient (Wildman–Crippen LogP) is 1.28. The normalized spacial score (nSPS) is 17.1. The zero-order valence-corrected chi connectivity index (χ0v) is 7.01. The number of nitrogens with zero attached hydrogens (tertiary/aromatic N) is 1. The number of carbonyl (C=O) groups is 1. The first-order valence-electron chi connectivity index (χ1n) is 4.15. The molecule has 72 valence electrons. The Hall–Kier alpha value is -0.570. The van der Waals surface area contributed by atoms with Gasteiger partial charge < -0.3 is 4.74 Å². The minimum Gasteiger partial charge on any atom is -0.465 e. The van der Waals surface area contributed by atoms with E-state index in [2.05, 4.69) is 4.90 Å². The Labute approximate surface area is 74.7 Å². The smallest absolute Gasteiger partial charge is 0.302 e. The van der Waals surface area contributed by atoms with Crippen molar-refractivity contribution in [3.05, 3.63) is 0 Å². The lowest BCUT2D eigenvalue weighted by atomic mass is 10.4. The fourth-order valence-corrected chi connectivity index (χ4v) is 1.32. The van der Waals surface area contributed by atoms with Crippen molar-refractivity contribution in [3.63, 3.8) is 0 Å². The second-order valence-corrected chi connectivity index (χ2v) is 2.89. The Morgan fingerprint density at radius 3 is 2.50 bits per heavy atom. The largest absolute Gasteiger partial charge is 0.465 e. The molecule has 1 fully saturated rings. The molecule has 0 amide bonds. The maximum atomic E-state index is 10.4. The number of hydrogen-bond donors (Lipinski definition) is 0. The summed E-state index contributed by atoms with van der Waals surface area (Å²) < 4.78 is 4.82. The minimum absolute atomic E-state index is 0. The second-order valence-electron chi connectivity index (χ2n) is 2.89. The quantitative estimate of drug-likeness (QED) is 0.602. The molecule has 0 saturated carbocycles. The van der Waals surface area contributed by atoms with Gasteiger partial charge in [0.2, 0.25) is 0 Å². The average molecular weight is 173 g/mol. The van der Waals surface area contributed by atoms with Gasteiger partial charge in [-0.1, -0.05) is 7.43 Å². The van der Waals surface area contributed by atoms with Crippen molar-refractivity contribution in [2.24, 2.45) is 0 Å². The van der Waals surface area contributed by atoms with Crippen molar-refractivity contribution in [1.82, 2.24) is 4.90 Å². The van der Waals surface area contributed by atoms with Crippen LogP contribution in [0, 0.1) is 0 Å². The molecule has 1 saturated heterocycles. The molecule has 0 aromatic rings. The molecule has 1 aliphatic heterocycles. The summed E-state index contributed by atoms with van der Waals surface area (Å²) in [5.74, 6) is -0.177. The zero-order valence-electron chi connectivity index (χ0n) is 7.01. The van der Waals surface area contributed by atoms with E-state index in [1.54, 1.807) is 0 Å². The molecule has 0 unspecified atom stereocenters. The van der Waals surface area contributed by atoms with Gasteiger partial charge in [-0.25, -0.2) is 0 Å². The molecular weight excluding hydrogens is 154 g/mol. The van der Waals surface area contributed by atoms with Gasteiger partial charge in [0.1, 0.15) is 6.61 Å². The molecule has 0 aromatic carbocycles. The lowest BCUT2D eigenvalue weighted by molar-refractivity contribution is -0.141. The number of carbonyl (C=O) groups excluding carboxylic acids is 1. The molecule has 0 spiro atoms. The highest BCUT2D eigenvalue weighted by Gasteiger charge is 2.10. The number of esters is 1. The summed E-state index contributed by atoms with van der Waals surface area (Å²) in [5, 5.41) is 0. The van der Waals surface area contributed by atoms with Crippen molar-refractivity contribution in [2.45, 2.75) is 27.2 Å². The molecule has 0 atom stereocenters. The van der Waals surface area contributed by atoms with E-state index in [4.69, 9.17) is 4.74 Å². The van der Waals surface area contributed by atoms with Crippen molar-refractivity contribution in [3.8, 4) is 0 Å². The van der Waals surface area contributed by atoms with E-state index >= 15 is 0 Å². The van der Waals surface area contributed by atoms with Crippen LogP contribution in [-0.2, 0) is 9.53 Å². The van der Waals surface area contributed by atoms with Crippen LogP contribution in [0.5, 0.6) is 0 Å². The fraction of sp³-hybridized carbons (Fsp3) is 0.889. The summed E-state index contributed by atoms with van der Waals surface area (Å²) in [5.41, 5.74) is 0. The first-order valence-corrected chi connectivity index (χ1v) is 4.15. The Morgan fingerprint density at radius 1 is 1.42 bits per heavy atom. The molecule has 0 radical (unpaired) electrons. The Kier molecular flexibility index (Phi) is 5.72. The lowest BCUT2D eigenvalue weighted by Crippen LogP contribution is -2.24. The van der Waals surface area contributed by atoms with Crippen LogP contribution in [-0.4, -0.2) is 37.1 Å². The molecule has 0 bridgehead atoms. The molecule has 0 N–H and O–H groups in total. The van der Waals surface area contributed by atoms with Crippen molar-refractivity contribution in [2.75, 3.05) is 26.2 Å². The van der Waals surface area contributed by atoms with Gasteiger partial charge in [0, 0.05) is 13.5 Å². The van der Waals surface area contributed by atoms with Crippen LogP contribution in [0.15, 0.2) is 0 Å². The molecule has 3 heteroatoms. The maximum Gasteiger partial charge on any atom is 0.302 e. The summed E-state index contributed by atoms with van der Waals surface area (Å²) in [6.45, 7) is 5.24. The molecule has 3 nitrogen and oxygen atoms in total. The van der Waals surface area contributed by atoms with E-state index in [1.807, 2.05) is 0 Å². The average Bonchev–Trinajstić information content (AvgIpc) is 2.39. The Balaban J connectivity index is 0.00000121. The molecule has 0 aromatic heterocycles. The molecular formula is C9H19NO2. The number of likely N-dealkylation sites (tertiary alicyclic amines) is 1. The number of rotatable bonds is 3. The predicted molar refractivity (Wildman–Crippen MR) is 49.0 cm³/mol. The van der Waals surface area contributed by atoms with Gasteiger partial charge in [-0.15, -0.1) is 0 Å². The van der Waals surface area contributed by atoms with Gasteiger partial charge in [-0.2, -0.15) is 0 Å². The van der Waals surface area contributed by atoms with Crippen LogP contribution < -0.4 is 0 Å². The van der Waals surface area contributed by atoms with Crippen LogP contribution in [0.2, 0.25) is 0 Å². The molecule has 1 aliphatic rings. The van der Waals surface area contributed by atoms with Gasteiger partial charge in [-0.3, -0.25) is 9.69 Å². The summed E-state index contributed by atoms with van der Waals surface area (Å²) in [7, 11) is 0. The van der Waals surface area contributed by atoms with Gasteiger partial charge in [0.25, 0.3) is 0 Å². The molecule has 1 heterocycles. The van der Waals surface area contributed by atoms with Gasteiger partial charge in [0.15, 0.2) is 0 Å². The third-order valence-corrected chi connectivity index (χ3v) is 1.91. The summed E-state index contributed by atoms with van der Waals surface area (Å²) >= 11 is 0. The van der Waals surface area contributed by atoms with E-state index in [1.165, 1.54) is 32.9 Å². The minimum atomic E-state index is -0.177. The lowest BCUT2D eigenvalue weighted by Gasteiger charge is -2.13. The molecule has 1 rings (SSSR count). The van der Waals surface area contributed by atoms with E-state index in [-0.39, 0.29) is 13.4 Å². The monoisotopic (exact) mass is 173 g/mol. The Bertz CT molecular complexity index is 130. The van der Waals surface area contributed by atoms with Crippen molar-refractivity contribution in [1.29, 1.82) is 0 Å². The summed E-state index contributed by atoms with van der Waals surface area (Å²) in [6.07, 6.45) is 2.58. The first kappa shape index (κ1) is 11.4. The SMILES string of the molecule is C.CC(=O)OCCN1CCCC1. The fourth-order valence-electron chi connectivity index (χ4n) is 1.32. The summed E-state index contributed by atoms with van der Waals surface area (Å²) in [6, 6.07) is 0. The molecule has 12 heavy (non-hydrogen) atoms. The van der Waals surface area contributed by atoms with E-state index in [0.717, 1.165) is 6.54 Å². The van der Waals surface area contributed by atoms with Gasteiger partial charge in [-0.05, 0) is 25.9 Å². The Morgan fingerprint density at radius 2 is 2.00 bits per heavy atom. The summed E-state index contributed by atoms with van der Waals surface area (Å²) in [4.78, 5) is 12.7. The molecule has 0 aliphatic carbocycles. The number of hydrogen-bond acceptors (Lipinski definition) is 3. The third-order valence-electron chi connectivity index (χ3n) is 1.91. The highest BCUT2D eigenvalue weighted by molar-refractivity contribution is 5.65. The van der Waals surface area contributed by atoms with Crippen LogP contribution in [0.25, 0.3) is 0 Å². The zero-order chi connectivity index (χ0) is 8.10. The van der Waals surface area contributed by atoms with Crippen molar-refractivity contribution < 1.29 is 9.53 Å². The highest BCUT2D eigenvalue weighted by Crippen LogP contribution is 2.05. The van der Waals surface area contributed by atoms with E-state index in [0.29, 0.717) is 6.61 Å². The van der Waals surface area contributed by atoms with Gasteiger partial charge >= 0.3 is 5.97 Å². The number of ether oxygens (including phenoxy) is 1. The van der Waals surface area contributed by atoms with Crippen LogP contribution in [0.4, 0.5) is 0 Å². The van der Waals surface area contributed by atoms with Crippen LogP contribution in [0.3, 0.4) is 0 Å². The van der Waals surface area contributed by atoms with E-state index in [9.17, 15) is 4.79 Å². The highest BCUT2D eigenvalue weighted by atomic mass is 16.5. The third kappa shape index (κ3) is 4.34. The standard InChI is InChI=1S/C8H15NO2.CH4/c1-8(10)11-7-6-9-4-2-3-5-9;/h2-7H2,1H3;1H4.